The van der Waals surface area contributed by atoms with Crippen LogP contribution in [0.2, 0.25) is 0 Å². The fraction of sp³-hybridized carbons (Fsp3) is 0.267. The molecule has 39 heavy (non-hydrogen) atoms. The van der Waals surface area contributed by atoms with Crippen LogP contribution in [-0.4, -0.2) is 31.3 Å². The average Bonchev–Trinajstić information content (AvgIpc) is 3.30. The number of nitrogens with one attached hydrogen (secondary N) is 1. The van der Waals surface area contributed by atoms with Crippen LogP contribution < -0.4 is 10.1 Å². The van der Waals surface area contributed by atoms with Crippen LogP contribution in [0.3, 0.4) is 0 Å². The van der Waals surface area contributed by atoms with Gasteiger partial charge >= 0.3 is 0 Å². The summed E-state index contributed by atoms with van der Waals surface area (Å²) in [6.07, 6.45) is 7.45. The summed E-state index contributed by atoms with van der Waals surface area (Å²) < 4.78 is 36.8. The van der Waals surface area contributed by atoms with Crippen LogP contribution in [0.4, 0.5) is 20.3 Å². The molecule has 3 heterocycles. The zero-order valence-electron chi connectivity index (χ0n) is 21.8. The van der Waals surface area contributed by atoms with E-state index in [0.717, 1.165) is 64.9 Å². The Hall–Kier alpha value is -4.40. The van der Waals surface area contributed by atoms with Crippen LogP contribution in [0.25, 0.3) is 22.4 Å². The molecule has 1 N–H and O–H groups in total. The lowest BCUT2D eigenvalue weighted by molar-refractivity contribution is 0.335. The third kappa shape index (κ3) is 4.80. The van der Waals surface area contributed by atoms with E-state index in [1.807, 2.05) is 43.5 Å². The Balaban J connectivity index is 1.45. The number of halogens is 2. The first-order valence-corrected chi connectivity index (χ1v) is 13.2. The Bertz CT molecular complexity index is 1660. The molecule has 7 nitrogen and oxygen atoms in total. The molecule has 0 saturated heterocycles. The van der Waals surface area contributed by atoms with Crippen molar-refractivity contribution >= 4 is 22.4 Å². The summed E-state index contributed by atoms with van der Waals surface area (Å²) in [5.74, 6) is 0.0421. The highest BCUT2D eigenvalue weighted by Gasteiger charge is 2.23. The third-order valence-electron chi connectivity index (χ3n) is 7.06. The monoisotopic (exact) mass is 526 g/mol. The Morgan fingerprint density at radius 1 is 1.03 bits per heavy atom. The van der Waals surface area contributed by atoms with Crippen molar-refractivity contribution in [2.24, 2.45) is 0 Å². The second kappa shape index (κ2) is 10.4. The molecule has 0 fully saturated rings. The van der Waals surface area contributed by atoms with Crippen molar-refractivity contribution in [2.75, 3.05) is 11.9 Å². The number of hydrogen-bond donors (Lipinski definition) is 1. The van der Waals surface area contributed by atoms with Gasteiger partial charge in [0.05, 0.1) is 18.7 Å². The lowest BCUT2D eigenvalue weighted by Crippen LogP contribution is -2.12. The summed E-state index contributed by atoms with van der Waals surface area (Å²) >= 11 is 0. The number of fused-ring (bicyclic) bond motifs is 2. The predicted octanol–water partition coefficient (Wildman–Crippen LogP) is 6.54. The number of para-hydroxylation sites is 1. The Labute approximate surface area is 224 Å². The first-order valence-electron chi connectivity index (χ1n) is 13.2. The maximum atomic E-state index is 14.9. The van der Waals surface area contributed by atoms with Gasteiger partial charge in [0.25, 0.3) is 0 Å². The Morgan fingerprint density at radius 3 is 2.62 bits per heavy atom. The van der Waals surface area contributed by atoms with Gasteiger partial charge in [0.2, 0.25) is 0 Å². The minimum absolute atomic E-state index is 0.0832. The molecule has 0 atom stereocenters. The highest BCUT2D eigenvalue weighted by molar-refractivity contribution is 5.92. The van der Waals surface area contributed by atoms with Crippen LogP contribution >= 0.6 is 0 Å². The largest absolute Gasteiger partial charge is 0.494 e. The molecule has 1 aliphatic rings. The van der Waals surface area contributed by atoms with Gasteiger partial charge in [-0.1, -0.05) is 18.2 Å². The average molecular weight is 527 g/mol. The van der Waals surface area contributed by atoms with Crippen molar-refractivity contribution in [3.05, 3.63) is 88.9 Å². The number of hydrogen-bond acceptors (Lipinski definition) is 6. The third-order valence-corrected chi connectivity index (χ3v) is 7.06. The van der Waals surface area contributed by atoms with Crippen molar-refractivity contribution in [3.63, 3.8) is 0 Å². The summed E-state index contributed by atoms with van der Waals surface area (Å²) in [6.45, 7) is 4.00. The molecule has 198 valence electrons. The van der Waals surface area contributed by atoms with E-state index in [-0.39, 0.29) is 17.9 Å². The van der Waals surface area contributed by atoms with Crippen LogP contribution in [0, 0.1) is 18.6 Å². The molecule has 0 bridgehead atoms. The second-order valence-corrected chi connectivity index (χ2v) is 9.67. The number of anilines is 2. The number of aryl methyl sites for hydroxylation is 2. The number of ether oxygens (including phenoxy) is 1. The smallest absolute Gasteiger partial charge is 0.182 e. The van der Waals surface area contributed by atoms with E-state index in [1.165, 1.54) is 12.1 Å². The van der Waals surface area contributed by atoms with Gasteiger partial charge in [-0.05, 0) is 57.2 Å². The molecular formula is C30H28F2N6O. The van der Waals surface area contributed by atoms with E-state index in [2.05, 4.69) is 10.3 Å². The van der Waals surface area contributed by atoms with Crippen molar-refractivity contribution in [3.8, 4) is 17.3 Å². The Morgan fingerprint density at radius 2 is 1.82 bits per heavy atom. The van der Waals surface area contributed by atoms with Gasteiger partial charge in [0.15, 0.2) is 5.82 Å². The van der Waals surface area contributed by atoms with Gasteiger partial charge in [-0.15, -0.1) is 0 Å². The molecule has 9 heteroatoms. The van der Waals surface area contributed by atoms with Crippen LogP contribution in [0.5, 0.6) is 5.75 Å². The van der Waals surface area contributed by atoms with Crippen molar-refractivity contribution in [1.82, 2.24) is 24.7 Å². The van der Waals surface area contributed by atoms with Gasteiger partial charge < -0.3 is 10.1 Å². The zero-order chi connectivity index (χ0) is 26.9. The van der Waals surface area contributed by atoms with E-state index in [0.29, 0.717) is 18.1 Å². The fourth-order valence-corrected chi connectivity index (χ4v) is 5.09. The molecule has 6 rings (SSSR count). The number of aromatic nitrogens is 5. The van der Waals surface area contributed by atoms with E-state index in [9.17, 15) is 8.78 Å². The second-order valence-electron chi connectivity index (χ2n) is 9.67. The molecule has 0 saturated carbocycles. The fourth-order valence-electron chi connectivity index (χ4n) is 5.09. The van der Waals surface area contributed by atoms with Crippen LogP contribution in [-0.2, 0) is 19.4 Å². The van der Waals surface area contributed by atoms with E-state index < -0.39 is 11.6 Å². The van der Waals surface area contributed by atoms with Gasteiger partial charge in [0, 0.05) is 52.4 Å². The summed E-state index contributed by atoms with van der Waals surface area (Å²) in [5.41, 5.74) is 5.28. The lowest BCUT2D eigenvalue weighted by atomic mass is 9.96. The Kier molecular flexibility index (Phi) is 6.64. The van der Waals surface area contributed by atoms with Crippen molar-refractivity contribution < 1.29 is 13.5 Å². The standard InChI is InChI=1S/C30H28F2N6O/c1-3-39-19-14-23(31)22(24(32)15-19)17-38-27-11-7-5-9-21(27)28(37-38)30-35-26-10-6-4-8-20(26)29(36-30)34-25-12-13-33-16-18(25)2/h5,7,9,11-16H,3-4,6,8,10,17H2,1-2H3,(H,33,34,35,36). The van der Waals surface area contributed by atoms with Crippen LogP contribution in [0.15, 0.2) is 54.9 Å². The summed E-state index contributed by atoms with van der Waals surface area (Å²) in [7, 11) is 0. The maximum absolute atomic E-state index is 14.9. The van der Waals surface area contributed by atoms with Gasteiger partial charge in [-0.25, -0.2) is 18.7 Å². The minimum Gasteiger partial charge on any atom is -0.494 e. The lowest BCUT2D eigenvalue weighted by Gasteiger charge is -2.20. The minimum atomic E-state index is -0.677. The number of nitrogens with zero attached hydrogens (tertiary/aromatic N) is 5. The molecule has 0 radical (unpaired) electrons. The number of benzene rings is 2. The SMILES string of the molecule is CCOc1cc(F)c(Cn2nc(-c3nc4c(c(Nc5ccncc5C)n3)CCCC4)c3ccccc32)c(F)c1. The quantitative estimate of drug-likeness (QED) is 0.259. The summed E-state index contributed by atoms with van der Waals surface area (Å²) in [4.78, 5) is 14.1. The maximum Gasteiger partial charge on any atom is 0.182 e. The predicted molar refractivity (Wildman–Crippen MR) is 146 cm³/mol. The molecule has 3 aromatic heterocycles. The van der Waals surface area contributed by atoms with Gasteiger partial charge in [0.1, 0.15) is 28.9 Å². The van der Waals surface area contributed by atoms with Crippen molar-refractivity contribution in [2.45, 2.75) is 46.1 Å². The molecule has 0 unspecified atom stereocenters. The highest BCUT2D eigenvalue weighted by atomic mass is 19.1. The molecule has 0 aliphatic heterocycles. The highest BCUT2D eigenvalue weighted by Crippen LogP contribution is 2.33. The molecule has 1 aliphatic carbocycles. The van der Waals surface area contributed by atoms with Crippen molar-refractivity contribution in [1.29, 1.82) is 0 Å². The topological polar surface area (TPSA) is 77.8 Å². The summed E-state index contributed by atoms with van der Waals surface area (Å²) in [6, 6.07) is 11.9. The molecule has 0 amide bonds. The number of pyridine rings is 1. The first-order chi connectivity index (χ1) is 19.0. The molecule has 5 aromatic rings. The van der Waals surface area contributed by atoms with Crippen LogP contribution in [0.1, 0.15) is 42.1 Å². The molecule has 0 spiro atoms. The van der Waals surface area contributed by atoms with E-state index in [1.54, 1.807) is 17.8 Å². The van der Waals surface area contributed by atoms with E-state index >= 15 is 0 Å². The molecular weight excluding hydrogens is 498 g/mol. The van der Waals surface area contributed by atoms with Gasteiger partial charge in [-0.2, -0.15) is 5.10 Å². The molecule has 2 aromatic carbocycles. The normalized spacial score (nSPS) is 12.9. The first kappa shape index (κ1) is 24.9. The van der Waals surface area contributed by atoms with Gasteiger partial charge in [-0.3, -0.25) is 9.67 Å². The summed E-state index contributed by atoms with van der Waals surface area (Å²) in [5, 5.41) is 9.11. The number of rotatable bonds is 7. The zero-order valence-corrected chi connectivity index (χ0v) is 21.8. The van der Waals surface area contributed by atoms with E-state index in [4.69, 9.17) is 19.8 Å².